The van der Waals surface area contributed by atoms with E-state index in [4.69, 9.17) is 14.2 Å². The molecule has 216 valence electrons. The monoisotopic (exact) mass is 585 g/mol. The second-order valence-corrected chi connectivity index (χ2v) is 10.7. The number of phosphoric ester groups is 1. The number of carbonyl (C=O) groups is 2. The number of aromatic hydroxyl groups is 1. The molecular weight excluding hydrogens is 557 g/mol. The second kappa shape index (κ2) is 12.6. The third-order valence-corrected chi connectivity index (χ3v) is 7.01. The first-order valence-electron chi connectivity index (χ1n) is 12.6. The molecule has 0 aromatic heterocycles. The van der Waals surface area contributed by atoms with Crippen molar-refractivity contribution in [3.05, 3.63) is 75.9 Å². The van der Waals surface area contributed by atoms with Crippen molar-refractivity contribution in [2.45, 2.75) is 19.3 Å². The maximum atomic E-state index is 12.8. The van der Waals surface area contributed by atoms with E-state index < -0.39 is 25.6 Å². The van der Waals surface area contributed by atoms with Gasteiger partial charge < -0.3 is 34.8 Å². The molecule has 0 fully saturated rings. The Hall–Kier alpha value is -4.06. The van der Waals surface area contributed by atoms with Crippen molar-refractivity contribution in [1.82, 2.24) is 5.32 Å². The standard InChI is InChI=1S/C28H28NO11P/c30-14-16(15-39-41(36,37)38)3-1-2-10-29-27(33)17-4-7-20(23(11-17)28(34)35)26-21-8-5-18(31)12-24(21)40-25-13-19(32)6-9-22(25)26/h4-9,11-13,16,30-31H,1-3,10,14-15H2,(H,29,33)(H,34,35)(H2,36,37,38). The molecule has 0 radical (unpaired) electrons. The first-order chi connectivity index (χ1) is 19.5. The van der Waals surface area contributed by atoms with Crippen LogP contribution in [-0.2, 0) is 9.09 Å². The number of aromatic carboxylic acids is 1. The van der Waals surface area contributed by atoms with Gasteiger partial charge in [-0.15, -0.1) is 0 Å². The van der Waals surface area contributed by atoms with E-state index >= 15 is 0 Å². The van der Waals surface area contributed by atoms with Crippen LogP contribution < -0.4 is 10.7 Å². The van der Waals surface area contributed by atoms with E-state index in [2.05, 4.69) is 9.84 Å². The van der Waals surface area contributed by atoms with Crippen molar-refractivity contribution in [3.8, 4) is 28.2 Å². The number of amides is 1. The van der Waals surface area contributed by atoms with Crippen LogP contribution in [0.4, 0.5) is 0 Å². The predicted octanol–water partition coefficient (Wildman–Crippen LogP) is 3.59. The van der Waals surface area contributed by atoms with Crippen LogP contribution in [0.5, 0.6) is 5.75 Å². The number of benzene rings is 3. The average molecular weight is 586 g/mol. The molecule has 2 aliphatic rings. The van der Waals surface area contributed by atoms with Crippen LogP contribution in [0.15, 0.2) is 63.8 Å². The first-order valence-corrected chi connectivity index (χ1v) is 14.2. The molecule has 41 heavy (non-hydrogen) atoms. The Morgan fingerprint density at radius 2 is 1.76 bits per heavy atom. The number of hydrogen-bond acceptors (Lipinski definition) is 8. The van der Waals surface area contributed by atoms with Crippen molar-refractivity contribution in [2.24, 2.45) is 5.92 Å². The van der Waals surface area contributed by atoms with E-state index in [1.54, 1.807) is 6.07 Å². The lowest BCUT2D eigenvalue weighted by Gasteiger charge is -2.17. The van der Waals surface area contributed by atoms with Crippen LogP contribution in [0.3, 0.4) is 0 Å². The Balaban J connectivity index is 1.54. The van der Waals surface area contributed by atoms with Crippen LogP contribution in [0.1, 0.15) is 40.0 Å². The topological polar surface area (TPSA) is 204 Å². The van der Waals surface area contributed by atoms with E-state index in [0.717, 1.165) is 0 Å². The molecule has 1 heterocycles. The minimum absolute atomic E-state index is 0.0725. The molecule has 0 bridgehead atoms. The van der Waals surface area contributed by atoms with Crippen molar-refractivity contribution in [2.75, 3.05) is 19.8 Å². The second-order valence-electron chi connectivity index (χ2n) is 9.47. The molecule has 0 spiro atoms. The third kappa shape index (κ3) is 7.37. The number of carboxylic acids is 1. The van der Waals surface area contributed by atoms with E-state index in [-0.39, 0.29) is 59.0 Å². The Morgan fingerprint density at radius 1 is 1.00 bits per heavy atom. The number of rotatable bonds is 12. The van der Waals surface area contributed by atoms with Crippen molar-refractivity contribution in [3.63, 3.8) is 0 Å². The van der Waals surface area contributed by atoms with Crippen molar-refractivity contribution >= 4 is 30.7 Å². The summed E-state index contributed by atoms with van der Waals surface area (Å²) in [6.45, 7) is -0.357. The predicted molar refractivity (Wildman–Crippen MR) is 148 cm³/mol. The Morgan fingerprint density at radius 3 is 2.46 bits per heavy atom. The lowest BCUT2D eigenvalue weighted by Crippen LogP contribution is -2.25. The lowest BCUT2D eigenvalue weighted by molar-refractivity contribution is 0.0697. The largest absolute Gasteiger partial charge is 0.508 e. The zero-order valence-electron chi connectivity index (χ0n) is 21.6. The molecule has 2 aromatic carbocycles. The minimum Gasteiger partial charge on any atom is -0.508 e. The molecule has 0 saturated carbocycles. The summed E-state index contributed by atoms with van der Waals surface area (Å²) in [6.07, 6.45) is 1.46. The Bertz CT molecular complexity index is 1660. The van der Waals surface area contributed by atoms with Crippen LogP contribution in [0, 0.1) is 5.92 Å². The summed E-state index contributed by atoms with van der Waals surface area (Å²) in [5.74, 6) is -2.10. The molecule has 0 saturated heterocycles. The number of aliphatic hydroxyl groups excluding tert-OH is 1. The number of phenolic OH excluding ortho intramolecular Hbond substituents is 1. The molecule has 1 atom stereocenters. The summed E-state index contributed by atoms with van der Waals surface area (Å²) in [6, 6.07) is 12.8. The number of phosphoric acid groups is 1. The smallest absolute Gasteiger partial charge is 0.469 e. The molecule has 13 heteroatoms. The number of hydrogen-bond donors (Lipinski definition) is 6. The number of carbonyl (C=O) groups excluding carboxylic acids is 1. The van der Waals surface area contributed by atoms with Crippen molar-refractivity contribution < 1.29 is 48.2 Å². The number of carboxylic acid groups (broad SMARTS) is 1. The third-order valence-electron chi connectivity index (χ3n) is 6.52. The SMILES string of the molecule is O=C(NCCCCC(CO)COP(=O)(O)O)c1ccc(-c2c3ccc(=O)cc-3oc3cc(O)ccc23)c(C(=O)O)c1. The quantitative estimate of drug-likeness (QED) is 0.0805. The van der Waals surface area contributed by atoms with E-state index in [0.29, 0.717) is 35.8 Å². The fourth-order valence-corrected chi connectivity index (χ4v) is 4.93. The van der Waals surface area contributed by atoms with Crippen LogP contribution in [0.25, 0.3) is 33.4 Å². The molecule has 1 amide bonds. The number of fused-ring (bicyclic) bond motifs is 2. The highest BCUT2D eigenvalue weighted by Gasteiger charge is 2.23. The van der Waals surface area contributed by atoms with E-state index in [1.165, 1.54) is 48.5 Å². The Labute approximate surface area is 233 Å². The van der Waals surface area contributed by atoms with Crippen molar-refractivity contribution in [1.29, 1.82) is 0 Å². The highest BCUT2D eigenvalue weighted by atomic mass is 31.2. The normalized spacial score (nSPS) is 12.5. The molecule has 6 N–H and O–H groups in total. The highest BCUT2D eigenvalue weighted by molar-refractivity contribution is 7.46. The molecular formula is C28H28NO11P. The fourth-order valence-electron chi connectivity index (χ4n) is 4.52. The van der Waals surface area contributed by atoms with Gasteiger partial charge >= 0.3 is 13.8 Å². The van der Waals surface area contributed by atoms with Gasteiger partial charge in [-0.2, -0.15) is 0 Å². The minimum atomic E-state index is -4.63. The molecule has 12 nitrogen and oxygen atoms in total. The summed E-state index contributed by atoms with van der Waals surface area (Å²) in [5, 5.41) is 32.6. The average Bonchev–Trinajstić information content (AvgIpc) is 2.92. The van der Waals surface area contributed by atoms with Gasteiger partial charge in [-0.3, -0.25) is 14.1 Å². The maximum Gasteiger partial charge on any atom is 0.469 e. The molecule has 2 aromatic rings. The van der Waals surface area contributed by atoms with Gasteiger partial charge in [0.1, 0.15) is 17.1 Å². The summed E-state index contributed by atoms with van der Waals surface area (Å²) >= 11 is 0. The zero-order valence-corrected chi connectivity index (χ0v) is 22.5. The molecule has 1 aliphatic heterocycles. The van der Waals surface area contributed by atoms with Gasteiger partial charge in [-0.1, -0.05) is 12.5 Å². The van der Waals surface area contributed by atoms with E-state index in [1.807, 2.05) is 0 Å². The van der Waals surface area contributed by atoms with E-state index in [9.17, 15) is 34.3 Å². The fraction of sp³-hybridized carbons (Fsp3) is 0.250. The zero-order chi connectivity index (χ0) is 29.7. The van der Waals surface area contributed by atoms with Gasteiger partial charge in [-0.25, -0.2) is 9.36 Å². The number of aliphatic hydroxyl groups is 1. The summed E-state index contributed by atoms with van der Waals surface area (Å²) in [4.78, 5) is 54.7. The number of nitrogens with one attached hydrogen (secondary N) is 1. The first kappa shape index (κ1) is 29.9. The van der Waals surface area contributed by atoms with Gasteiger partial charge in [0.25, 0.3) is 5.91 Å². The number of unbranched alkanes of at least 4 members (excludes halogenated alkanes) is 1. The molecule has 1 unspecified atom stereocenters. The summed E-state index contributed by atoms with van der Waals surface area (Å²) in [7, 11) is -4.63. The van der Waals surface area contributed by atoms with Crippen LogP contribution in [-0.4, -0.2) is 56.7 Å². The maximum absolute atomic E-state index is 12.8. The van der Waals surface area contributed by atoms with Gasteiger partial charge in [0.2, 0.25) is 0 Å². The van der Waals surface area contributed by atoms with Crippen LogP contribution >= 0.6 is 7.82 Å². The van der Waals surface area contributed by atoms with Gasteiger partial charge in [0.05, 0.1) is 12.2 Å². The highest BCUT2D eigenvalue weighted by Crippen LogP contribution is 2.42. The molecule has 4 rings (SSSR count). The summed E-state index contributed by atoms with van der Waals surface area (Å²) in [5.41, 5.74) is 1.13. The number of phenols is 1. The van der Waals surface area contributed by atoms with Gasteiger partial charge in [0.15, 0.2) is 5.43 Å². The lowest BCUT2D eigenvalue weighted by atomic mass is 9.90. The Kier molecular flexibility index (Phi) is 9.21. The summed E-state index contributed by atoms with van der Waals surface area (Å²) < 4.78 is 21.1. The van der Waals surface area contributed by atoms with Crippen LogP contribution in [0.2, 0.25) is 0 Å². The molecule has 1 aliphatic carbocycles. The van der Waals surface area contributed by atoms with Gasteiger partial charge in [-0.05, 0) is 54.8 Å². The van der Waals surface area contributed by atoms with Gasteiger partial charge in [0, 0.05) is 53.3 Å².